The van der Waals surface area contributed by atoms with Crippen LogP contribution in [0.4, 0.5) is 0 Å². The zero-order valence-electron chi connectivity index (χ0n) is 13.4. The van der Waals surface area contributed by atoms with Crippen molar-refractivity contribution in [3.8, 4) is 0 Å². The molecule has 23 heavy (non-hydrogen) atoms. The Morgan fingerprint density at radius 2 is 1.91 bits per heavy atom. The molecule has 2 fully saturated rings. The van der Waals surface area contributed by atoms with Crippen LogP contribution in [0.5, 0.6) is 0 Å². The summed E-state index contributed by atoms with van der Waals surface area (Å²) in [5.74, 6) is 2.14. The monoisotopic (exact) mass is 311 g/mol. The first kappa shape index (κ1) is 14.4. The number of likely N-dealkylation sites (tertiary alicyclic amines) is 1. The second-order valence-electron chi connectivity index (χ2n) is 6.61. The van der Waals surface area contributed by atoms with Crippen molar-refractivity contribution in [1.82, 2.24) is 15.0 Å². The number of hydrogen-bond donors (Lipinski definition) is 0. The maximum absolute atomic E-state index is 12.3. The molecule has 2 aliphatic rings. The van der Waals surface area contributed by atoms with Gasteiger partial charge in [-0.2, -0.15) is 4.98 Å². The van der Waals surface area contributed by atoms with Crippen molar-refractivity contribution in [2.24, 2.45) is 0 Å². The standard InChI is InChI=1S/C18H21N3O2/c1-2-12-3-5-13(6-4-12)10-21-11-15(9-16(21)22)18-19-17(20-23-18)14-7-8-14/h3-6,14-15H,2,7-11H2,1H3. The molecule has 1 unspecified atom stereocenters. The molecule has 0 bridgehead atoms. The molecule has 1 saturated heterocycles. The van der Waals surface area contributed by atoms with E-state index >= 15 is 0 Å². The molecule has 1 atom stereocenters. The maximum atomic E-state index is 12.3. The third-order valence-corrected chi connectivity index (χ3v) is 4.77. The summed E-state index contributed by atoms with van der Waals surface area (Å²) in [5.41, 5.74) is 2.48. The summed E-state index contributed by atoms with van der Waals surface area (Å²) < 4.78 is 5.39. The van der Waals surface area contributed by atoms with E-state index in [0.717, 1.165) is 25.1 Å². The van der Waals surface area contributed by atoms with Gasteiger partial charge in [-0.3, -0.25) is 4.79 Å². The van der Waals surface area contributed by atoms with Gasteiger partial charge < -0.3 is 9.42 Å². The minimum atomic E-state index is 0.0393. The molecule has 5 nitrogen and oxygen atoms in total. The normalized spacial score (nSPS) is 21.2. The van der Waals surface area contributed by atoms with Crippen molar-refractivity contribution in [2.75, 3.05) is 6.54 Å². The van der Waals surface area contributed by atoms with Gasteiger partial charge >= 0.3 is 0 Å². The fourth-order valence-electron chi connectivity index (χ4n) is 3.11. The Kier molecular flexibility index (Phi) is 3.63. The van der Waals surface area contributed by atoms with Crippen LogP contribution in [0.25, 0.3) is 0 Å². The molecule has 1 saturated carbocycles. The number of hydrogen-bond acceptors (Lipinski definition) is 4. The van der Waals surface area contributed by atoms with Crippen molar-refractivity contribution in [2.45, 2.75) is 51.0 Å². The summed E-state index contributed by atoms with van der Waals surface area (Å²) in [7, 11) is 0. The van der Waals surface area contributed by atoms with Gasteiger partial charge in [0.1, 0.15) is 0 Å². The first-order valence-electron chi connectivity index (χ1n) is 8.42. The summed E-state index contributed by atoms with van der Waals surface area (Å²) in [5, 5.41) is 4.06. The van der Waals surface area contributed by atoms with Crippen molar-refractivity contribution in [1.29, 1.82) is 0 Å². The molecule has 0 radical (unpaired) electrons. The molecule has 1 aliphatic heterocycles. The number of carbonyl (C=O) groups is 1. The van der Waals surface area contributed by atoms with Crippen LogP contribution in [0.1, 0.15) is 60.9 Å². The highest BCUT2D eigenvalue weighted by Crippen LogP contribution is 2.39. The first-order chi connectivity index (χ1) is 11.2. The molecule has 5 heteroatoms. The van der Waals surface area contributed by atoms with Crippen LogP contribution >= 0.6 is 0 Å². The minimum Gasteiger partial charge on any atom is -0.339 e. The summed E-state index contributed by atoms with van der Waals surface area (Å²) in [6.45, 7) is 3.47. The SMILES string of the molecule is CCc1ccc(CN2CC(c3nc(C4CC4)no3)CC2=O)cc1. The lowest BCUT2D eigenvalue weighted by atomic mass is 10.1. The molecule has 120 valence electrons. The Balaban J connectivity index is 1.42. The fourth-order valence-corrected chi connectivity index (χ4v) is 3.11. The molecule has 1 amide bonds. The average Bonchev–Trinajstić information content (AvgIpc) is 3.19. The molecule has 0 N–H and O–H groups in total. The van der Waals surface area contributed by atoms with Crippen LogP contribution in [-0.2, 0) is 17.8 Å². The number of aromatic nitrogens is 2. The van der Waals surface area contributed by atoms with Gasteiger partial charge in [-0.05, 0) is 30.4 Å². The third-order valence-electron chi connectivity index (χ3n) is 4.77. The first-order valence-corrected chi connectivity index (χ1v) is 8.42. The molecular weight excluding hydrogens is 290 g/mol. The van der Waals surface area contributed by atoms with Gasteiger partial charge in [-0.15, -0.1) is 0 Å². The third kappa shape index (κ3) is 3.00. The Hall–Kier alpha value is -2.17. The van der Waals surface area contributed by atoms with Crippen molar-refractivity contribution >= 4 is 5.91 Å². The molecule has 4 rings (SSSR count). The predicted octanol–water partition coefficient (Wildman–Crippen LogP) is 3.03. The van der Waals surface area contributed by atoms with Gasteiger partial charge in [0.25, 0.3) is 0 Å². The van der Waals surface area contributed by atoms with Gasteiger partial charge in [0.2, 0.25) is 11.8 Å². The topological polar surface area (TPSA) is 59.2 Å². The lowest BCUT2D eigenvalue weighted by Crippen LogP contribution is -2.24. The quantitative estimate of drug-likeness (QED) is 0.851. The van der Waals surface area contributed by atoms with Crippen LogP contribution in [0.3, 0.4) is 0 Å². The van der Waals surface area contributed by atoms with Crippen molar-refractivity contribution in [3.63, 3.8) is 0 Å². The van der Waals surface area contributed by atoms with Gasteiger partial charge in [0, 0.05) is 25.4 Å². The highest BCUT2D eigenvalue weighted by atomic mass is 16.5. The van der Waals surface area contributed by atoms with E-state index < -0.39 is 0 Å². The minimum absolute atomic E-state index is 0.0393. The van der Waals surface area contributed by atoms with Crippen LogP contribution in [0, 0.1) is 0 Å². The van der Waals surface area contributed by atoms with E-state index in [1.807, 2.05) is 4.90 Å². The van der Waals surface area contributed by atoms with Crippen LogP contribution in [0.15, 0.2) is 28.8 Å². The Labute approximate surface area is 135 Å². The fraction of sp³-hybridized carbons (Fsp3) is 0.500. The molecule has 2 aromatic rings. The number of aryl methyl sites for hydroxylation is 1. The van der Waals surface area contributed by atoms with Gasteiger partial charge in [0.05, 0.1) is 5.92 Å². The molecule has 1 aromatic heterocycles. The van der Waals surface area contributed by atoms with Crippen molar-refractivity contribution < 1.29 is 9.32 Å². The van der Waals surface area contributed by atoms with Gasteiger partial charge in [-0.25, -0.2) is 0 Å². The summed E-state index contributed by atoms with van der Waals surface area (Å²) in [4.78, 5) is 18.7. The molecule has 1 aliphatic carbocycles. The van der Waals surface area contributed by atoms with Crippen LogP contribution in [0.2, 0.25) is 0 Å². The van der Waals surface area contributed by atoms with E-state index in [0.29, 0.717) is 31.3 Å². The van der Waals surface area contributed by atoms with Gasteiger partial charge in [-0.1, -0.05) is 36.3 Å². The number of benzene rings is 1. The van der Waals surface area contributed by atoms with Crippen LogP contribution < -0.4 is 0 Å². The van der Waals surface area contributed by atoms with E-state index in [2.05, 4.69) is 41.3 Å². The number of amides is 1. The number of rotatable bonds is 5. The van der Waals surface area contributed by atoms with Gasteiger partial charge in [0.15, 0.2) is 5.82 Å². The number of nitrogens with zero attached hydrogens (tertiary/aromatic N) is 3. The van der Waals surface area contributed by atoms with E-state index in [-0.39, 0.29) is 11.8 Å². The zero-order chi connectivity index (χ0) is 15.8. The average molecular weight is 311 g/mol. The smallest absolute Gasteiger partial charge is 0.232 e. The lowest BCUT2D eigenvalue weighted by molar-refractivity contribution is -0.128. The molecular formula is C18H21N3O2. The molecule has 0 spiro atoms. The highest BCUT2D eigenvalue weighted by molar-refractivity contribution is 5.79. The Morgan fingerprint density at radius 3 is 2.61 bits per heavy atom. The number of carbonyl (C=O) groups excluding carboxylic acids is 1. The highest BCUT2D eigenvalue weighted by Gasteiger charge is 2.36. The van der Waals surface area contributed by atoms with Crippen molar-refractivity contribution in [3.05, 3.63) is 47.1 Å². The van der Waals surface area contributed by atoms with E-state index in [9.17, 15) is 4.79 Å². The van der Waals surface area contributed by atoms with E-state index in [1.165, 1.54) is 11.1 Å². The molecule has 1 aromatic carbocycles. The largest absolute Gasteiger partial charge is 0.339 e. The Bertz CT molecular complexity index is 703. The van der Waals surface area contributed by atoms with E-state index in [4.69, 9.17) is 4.52 Å². The maximum Gasteiger partial charge on any atom is 0.232 e. The lowest BCUT2D eigenvalue weighted by Gasteiger charge is -2.16. The zero-order valence-corrected chi connectivity index (χ0v) is 13.4. The Morgan fingerprint density at radius 1 is 1.17 bits per heavy atom. The summed E-state index contributed by atoms with van der Waals surface area (Å²) >= 11 is 0. The molecule has 2 heterocycles. The predicted molar refractivity (Wildman–Crippen MR) is 84.9 cm³/mol. The van der Waals surface area contributed by atoms with E-state index in [1.54, 1.807) is 0 Å². The van der Waals surface area contributed by atoms with Crippen LogP contribution in [-0.4, -0.2) is 27.5 Å². The second-order valence-corrected chi connectivity index (χ2v) is 6.61. The second kappa shape index (κ2) is 5.80. The summed E-state index contributed by atoms with van der Waals surface area (Å²) in [6, 6.07) is 8.48. The summed E-state index contributed by atoms with van der Waals surface area (Å²) in [6.07, 6.45) is 3.82.